The second-order valence-electron chi connectivity index (χ2n) is 6.49. The van der Waals surface area contributed by atoms with Crippen molar-refractivity contribution in [2.75, 3.05) is 63.6 Å². The van der Waals surface area contributed by atoms with Gasteiger partial charge in [-0.15, -0.1) is 24.0 Å². The fraction of sp³-hybridized carbons (Fsp3) is 0.933. The van der Waals surface area contributed by atoms with Crippen LogP contribution in [-0.2, 0) is 24.6 Å². The van der Waals surface area contributed by atoms with E-state index in [1.165, 1.54) is 10.6 Å². The minimum atomic E-state index is -3.33. The smallest absolute Gasteiger partial charge is 0.216 e. The summed E-state index contributed by atoms with van der Waals surface area (Å²) < 4.78 is 54.0. The van der Waals surface area contributed by atoms with Gasteiger partial charge >= 0.3 is 0 Å². The molecule has 0 aromatic carbocycles. The van der Waals surface area contributed by atoms with Crippen LogP contribution in [0.25, 0.3) is 0 Å². The van der Waals surface area contributed by atoms with E-state index in [9.17, 15) is 16.8 Å². The summed E-state index contributed by atoms with van der Waals surface area (Å²) in [7, 11) is -6.40. The summed E-state index contributed by atoms with van der Waals surface area (Å²) in [5.41, 5.74) is 0. The van der Waals surface area contributed by atoms with Crippen LogP contribution in [-0.4, -0.2) is 102 Å². The van der Waals surface area contributed by atoms with Crippen molar-refractivity contribution in [2.45, 2.75) is 26.9 Å². The topological polar surface area (TPSA) is 108 Å². The Hall–Kier alpha value is -0.180. The number of nitrogens with one attached hydrogen (secondary N) is 1. The van der Waals surface area contributed by atoms with Crippen molar-refractivity contribution in [3.8, 4) is 0 Å². The van der Waals surface area contributed by atoms with Crippen LogP contribution < -0.4 is 5.32 Å². The number of hydrogen-bond donors (Lipinski definition) is 1. The van der Waals surface area contributed by atoms with Crippen LogP contribution in [0, 0.1) is 0 Å². The second-order valence-corrected chi connectivity index (χ2v) is 10.8. The van der Waals surface area contributed by atoms with E-state index in [4.69, 9.17) is 4.74 Å². The summed E-state index contributed by atoms with van der Waals surface area (Å²) in [5.74, 6) is 0.594. The van der Waals surface area contributed by atoms with Crippen molar-refractivity contribution < 1.29 is 21.6 Å². The van der Waals surface area contributed by atoms with Gasteiger partial charge in [0.2, 0.25) is 10.0 Å². The van der Waals surface area contributed by atoms with Gasteiger partial charge in [0.15, 0.2) is 5.96 Å². The maximum atomic E-state index is 12.4. The quantitative estimate of drug-likeness (QED) is 0.249. The molecule has 0 spiro atoms. The molecule has 1 heterocycles. The van der Waals surface area contributed by atoms with Gasteiger partial charge in [-0.25, -0.2) is 16.8 Å². The van der Waals surface area contributed by atoms with E-state index in [0.29, 0.717) is 38.7 Å². The lowest BCUT2D eigenvalue weighted by Crippen LogP contribution is -2.54. The molecule has 0 bridgehead atoms. The van der Waals surface area contributed by atoms with Gasteiger partial charge in [-0.3, -0.25) is 4.99 Å². The molecule has 1 aliphatic heterocycles. The lowest BCUT2D eigenvalue weighted by Gasteiger charge is -2.35. The molecule has 0 unspecified atom stereocenters. The molecule has 0 aromatic heterocycles. The Labute approximate surface area is 180 Å². The molecule has 1 rings (SSSR count). The largest absolute Gasteiger partial charge is 0.378 e. The molecular weight excluding hydrogens is 507 g/mol. The zero-order valence-electron chi connectivity index (χ0n) is 16.5. The number of rotatable bonds is 9. The first-order valence-corrected chi connectivity index (χ1v) is 12.5. The second kappa shape index (κ2) is 12.4. The van der Waals surface area contributed by atoms with Crippen LogP contribution in [0.15, 0.2) is 4.99 Å². The summed E-state index contributed by atoms with van der Waals surface area (Å²) in [6.07, 6.45) is 1.19. The van der Waals surface area contributed by atoms with Gasteiger partial charge in [0.05, 0.1) is 30.8 Å². The van der Waals surface area contributed by atoms with E-state index in [2.05, 4.69) is 10.3 Å². The lowest BCUT2D eigenvalue weighted by atomic mass is 10.4. The number of nitrogens with zero attached hydrogens (tertiary/aromatic N) is 3. The highest BCUT2D eigenvalue weighted by molar-refractivity contribution is 14.0. The fourth-order valence-electron chi connectivity index (χ4n) is 2.44. The van der Waals surface area contributed by atoms with E-state index < -0.39 is 19.9 Å². The predicted octanol–water partition coefficient (Wildman–Crippen LogP) is -0.0131. The van der Waals surface area contributed by atoms with Gasteiger partial charge in [0.25, 0.3) is 0 Å². The van der Waals surface area contributed by atoms with Gasteiger partial charge in [-0.2, -0.15) is 4.31 Å². The summed E-state index contributed by atoms with van der Waals surface area (Å²) in [6, 6.07) is 0. The normalized spacial score (nSPS) is 17.1. The minimum Gasteiger partial charge on any atom is -0.378 e. The monoisotopic (exact) mass is 540 g/mol. The molecule has 0 saturated carbocycles. The van der Waals surface area contributed by atoms with Gasteiger partial charge in [-0.05, 0) is 20.8 Å². The van der Waals surface area contributed by atoms with Gasteiger partial charge in [-0.1, -0.05) is 0 Å². The molecule has 1 saturated heterocycles. The molecule has 1 fully saturated rings. The molecule has 0 aliphatic carbocycles. The highest BCUT2D eigenvalue weighted by Crippen LogP contribution is 2.09. The molecule has 1 N–H and O–H groups in total. The highest BCUT2D eigenvalue weighted by atomic mass is 127. The Bertz CT molecular complexity index is 660. The SMILES string of the molecule is CCNC(=NCCS(C)(=O)=O)N1CCN(S(=O)(=O)CCOC(C)C)CC1.I. The maximum absolute atomic E-state index is 12.4. The summed E-state index contributed by atoms with van der Waals surface area (Å²) in [4.78, 5) is 6.30. The molecule has 0 atom stereocenters. The van der Waals surface area contributed by atoms with E-state index in [1.54, 1.807) is 0 Å². The third kappa shape index (κ3) is 10.8. The Morgan fingerprint density at radius 2 is 1.70 bits per heavy atom. The maximum Gasteiger partial charge on any atom is 0.216 e. The van der Waals surface area contributed by atoms with Crippen molar-refractivity contribution in [3.05, 3.63) is 0 Å². The number of sulfonamides is 1. The third-order valence-corrected chi connectivity index (χ3v) is 6.54. The fourth-order valence-corrected chi connectivity index (χ4v) is 4.15. The van der Waals surface area contributed by atoms with Crippen LogP contribution in [0.1, 0.15) is 20.8 Å². The van der Waals surface area contributed by atoms with E-state index in [0.717, 1.165) is 0 Å². The molecule has 162 valence electrons. The van der Waals surface area contributed by atoms with Crippen molar-refractivity contribution in [3.63, 3.8) is 0 Å². The summed E-state index contributed by atoms with van der Waals surface area (Å²) in [5, 5.41) is 3.13. The molecule has 0 amide bonds. The van der Waals surface area contributed by atoms with E-state index >= 15 is 0 Å². The first-order chi connectivity index (χ1) is 12.0. The lowest BCUT2D eigenvalue weighted by molar-refractivity contribution is 0.0904. The molecule has 27 heavy (non-hydrogen) atoms. The van der Waals surface area contributed by atoms with Crippen LogP contribution in [0.3, 0.4) is 0 Å². The van der Waals surface area contributed by atoms with Crippen molar-refractivity contribution in [2.24, 2.45) is 4.99 Å². The number of hydrogen-bond acceptors (Lipinski definition) is 6. The zero-order valence-corrected chi connectivity index (χ0v) is 20.5. The summed E-state index contributed by atoms with van der Waals surface area (Å²) >= 11 is 0. The molecular formula is C15H33IN4O5S2. The average Bonchev–Trinajstić information content (AvgIpc) is 2.52. The summed E-state index contributed by atoms with van der Waals surface area (Å²) in [6.45, 7) is 8.48. The molecule has 9 nitrogen and oxygen atoms in total. The van der Waals surface area contributed by atoms with Crippen molar-refractivity contribution in [1.29, 1.82) is 0 Å². The third-order valence-electron chi connectivity index (χ3n) is 3.78. The standard InChI is InChI=1S/C15H32N4O5S2.HI/c1-5-16-15(17-6-12-25(4,20)21)18-7-9-19(10-8-18)26(22,23)13-11-24-14(2)3;/h14H,5-13H2,1-4H3,(H,16,17);1H. The van der Waals surface area contributed by atoms with Crippen LogP contribution in [0.2, 0.25) is 0 Å². The van der Waals surface area contributed by atoms with E-state index in [-0.39, 0.29) is 54.7 Å². The molecule has 1 aliphatic rings. The van der Waals surface area contributed by atoms with Crippen LogP contribution >= 0.6 is 24.0 Å². The molecule has 0 radical (unpaired) electrons. The number of guanidine groups is 1. The Morgan fingerprint density at radius 3 is 2.19 bits per heavy atom. The van der Waals surface area contributed by atoms with E-state index in [1.807, 2.05) is 25.7 Å². The van der Waals surface area contributed by atoms with Gasteiger partial charge < -0.3 is 15.0 Å². The number of aliphatic imine (C=N–C) groups is 1. The Morgan fingerprint density at radius 1 is 1.11 bits per heavy atom. The predicted molar refractivity (Wildman–Crippen MR) is 119 cm³/mol. The van der Waals surface area contributed by atoms with Crippen molar-refractivity contribution in [1.82, 2.24) is 14.5 Å². The number of halogens is 1. The Balaban J connectivity index is 0.00000676. The zero-order chi connectivity index (χ0) is 19.8. The average molecular weight is 540 g/mol. The Kier molecular flexibility index (Phi) is 12.3. The first-order valence-electron chi connectivity index (χ1n) is 8.85. The minimum absolute atomic E-state index is 0. The van der Waals surface area contributed by atoms with Crippen LogP contribution in [0.5, 0.6) is 0 Å². The number of ether oxygens (including phenoxy) is 1. The van der Waals surface area contributed by atoms with Crippen molar-refractivity contribution >= 4 is 49.8 Å². The van der Waals surface area contributed by atoms with Gasteiger partial charge in [0.1, 0.15) is 9.84 Å². The highest BCUT2D eigenvalue weighted by Gasteiger charge is 2.28. The van der Waals surface area contributed by atoms with Crippen LogP contribution in [0.4, 0.5) is 0 Å². The molecule has 12 heteroatoms. The first kappa shape index (κ1) is 26.8. The molecule has 0 aromatic rings. The number of sulfone groups is 1. The number of piperazine rings is 1. The van der Waals surface area contributed by atoms with Gasteiger partial charge in [0, 0.05) is 39.0 Å².